The zero-order chi connectivity index (χ0) is 12.6. The highest BCUT2D eigenvalue weighted by Gasteiger charge is 2.37. The van der Waals surface area contributed by atoms with Gasteiger partial charge in [0.15, 0.2) is 0 Å². The first-order chi connectivity index (χ1) is 7.96. The van der Waals surface area contributed by atoms with Crippen molar-refractivity contribution >= 4 is 27.3 Å². The molecular formula is C10H13NO4S2. The van der Waals surface area contributed by atoms with Gasteiger partial charge in [-0.15, -0.1) is 11.3 Å². The van der Waals surface area contributed by atoms with E-state index >= 15 is 0 Å². The van der Waals surface area contributed by atoms with Crippen LogP contribution in [-0.4, -0.2) is 30.3 Å². The number of hydrogen-bond acceptors (Lipinski definition) is 4. The molecule has 17 heavy (non-hydrogen) atoms. The van der Waals surface area contributed by atoms with Crippen molar-refractivity contribution in [2.45, 2.75) is 30.5 Å². The molecule has 1 aliphatic rings. The maximum atomic E-state index is 12.1. The second-order valence-electron chi connectivity index (χ2n) is 3.92. The lowest BCUT2D eigenvalue weighted by Gasteiger charge is -2.13. The molecule has 1 aromatic heterocycles. The van der Waals surface area contributed by atoms with Crippen molar-refractivity contribution in [2.75, 3.05) is 6.54 Å². The number of hydrogen-bond donors (Lipinski definition) is 1. The van der Waals surface area contributed by atoms with Crippen LogP contribution in [0.2, 0.25) is 0 Å². The van der Waals surface area contributed by atoms with Gasteiger partial charge in [-0.05, 0) is 18.1 Å². The van der Waals surface area contributed by atoms with Gasteiger partial charge >= 0.3 is 5.97 Å². The average Bonchev–Trinajstić information content (AvgIpc) is 2.76. The third-order valence-corrected chi connectivity index (χ3v) is 6.23. The molecule has 0 saturated heterocycles. The summed E-state index contributed by atoms with van der Waals surface area (Å²) in [5, 5.41) is 8.82. The van der Waals surface area contributed by atoms with E-state index in [1.54, 1.807) is 0 Å². The number of sulfonamides is 1. The molecule has 94 valence electrons. The Morgan fingerprint density at radius 2 is 2.29 bits per heavy atom. The molecule has 5 nitrogen and oxygen atoms in total. The third-order valence-electron chi connectivity index (χ3n) is 2.66. The number of thiophene rings is 1. The monoisotopic (exact) mass is 275 g/mol. The van der Waals surface area contributed by atoms with Crippen LogP contribution < -0.4 is 0 Å². The maximum absolute atomic E-state index is 12.1. The normalized spacial score (nSPS) is 18.2. The standard InChI is InChI=1S/C10H13NO4S2/c1-2-3-4-11-6-7-5-8(9(12)13)16-10(7)17(11,14)15/h5H,2-4,6H2,1H3,(H,12,13). The number of carboxylic acids is 1. The summed E-state index contributed by atoms with van der Waals surface area (Å²) >= 11 is 0.845. The highest BCUT2D eigenvalue weighted by Crippen LogP contribution is 2.37. The molecule has 1 N–H and O–H groups in total. The lowest BCUT2D eigenvalue weighted by atomic mass is 10.3. The Bertz CT molecular complexity index is 547. The van der Waals surface area contributed by atoms with E-state index in [1.807, 2.05) is 6.92 Å². The van der Waals surface area contributed by atoms with E-state index < -0.39 is 16.0 Å². The van der Waals surface area contributed by atoms with Crippen LogP contribution in [0.5, 0.6) is 0 Å². The molecular weight excluding hydrogens is 262 g/mol. The maximum Gasteiger partial charge on any atom is 0.345 e. The molecule has 0 aliphatic carbocycles. The van der Waals surface area contributed by atoms with Gasteiger partial charge in [0.1, 0.15) is 9.09 Å². The van der Waals surface area contributed by atoms with Crippen molar-refractivity contribution < 1.29 is 18.3 Å². The Balaban J connectivity index is 2.31. The second-order valence-corrected chi connectivity index (χ2v) is 7.11. The van der Waals surface area contributed by atoms with Crippen molar-refractivity contribution in [2.24, 2.45) is 0 Å². The van der Waals surface area contributed by atoms with E-state index in [4.69, 9.17) is 5.11 Å². The molecule has 1 aromatic rings. The van der Waals surface area contributed by atoms with Crippen LogP contribution in [0.15, 0.2) is 10.3 Å². The van der Waals surface area contributed by atoms with Crippen LogP contribution >= 0.6 is 11.3 Å². The number of carboxylic acid groups (broad SMARTS) is 1. The Kier molecular flexibility index (Phi) is 3.24. The molecule has 0 unspecified atom stereocenters. The van der Waals surface area contributed by atoms with Crippen LogP contribution in [0.3, 0.4) is 0 Å². The van der Waals surface area contributed by atoms with Crippen LogP contribution in [0.25, 0.3) is 0 Å². The second kappa shape index (κ2) is 4.40. The summed E-state index contributed by atoms with van der Waals surface area (Å²) in [5.74, 6) is -1.07. The van der Waals surface area contributed by atoms with E-state index in [2.05, 4.69) is 0 Å². The molecule has 0 atom stereocenters. The molecule has 0 saturated carbocycles. The summed E-state index contributed by atoms with van der Waals surface area (Å²) in [6, 6.07) is 1.46. The van der Waals surface area contributed by atoms with Gasteiger partial charge in [0.25, 0.3) is 10.0 Å². The number of unbranched alkanes of at least 4 members (excludes halogenated alkanes) is 1. The predicted octanol–water partition coefficient (Wildman–Crippen LogP) is 1.75. The number of carbonyl (C=O) groups is 1. The zero-order valence-corrected chi connectivity index (χ0v) is 11.0. The third kappa shape index (κ3) is 2.10. The molecule has 2 heterocycles. The van der Waals surface area contributed by atoms with Crippen LogP contribution in [0, 0.1) is 0 Å². The molecule has 7 heteroatoms. The van der Waals surface area contributed by atoms with Crippen LogP contribution in [-0.2, 0) is 16.6 Å². The van der Waals surface area contributed by atoms with Gasteiger partial charge in [0, 0.05) is 13.1 Å². The van der Waals surface area contributed by atoms with Crippen molar-refractivity contribution in [3.8, 4) is 0 Å². The average molecular weight is 275 g/mol. The molecule has 2 rings (SSSR count). The summed E-state index contributed by atoms with van der Waals surface area (Å²) in [5.41, 5.74) is 0.614. The SMILES string of the molecule is CCCCN1Cc2cc(C(=O)O)sc2S1(=O)=O. The van der Waals surface area contributed by atoms with E-state index in [1.165, 1.54) is 10.4 Å². The lowest BCUT2D eigenvalue weighted by molar-refractivity contribution is 0.0702. The van der Waals surface area contributed by atoms with Crippen molar-refractivity contribution in [3.63, 3.8) is 0 Å². The number of aromatic carboxylic acids is 1. The summed E-state index contributed by atoms with van der Waals surface area (Å²) < 4.78 is 25.8. The summed E-state index contributed by atoms with van der Waals surface area (Å²) in [6.45, 7) is 2.81. The van der Waals surface area contributed by atoms with Gasteiger partial charge in [0.05, 0.1) is 0 Å². The number of nitrogens with zero attached hydrogens (tertiary/aromatic N) is 1. The Labute approximate surface area is 104 Å². The predicted molar refractivity (Wildman–Crippen MR) is 63.8 cm³/mol. The van der Waals surface area contributed by atoms with E-state index in [-0.39, 0.29) is 9.09 Å². The summed E-state index contributed by atoms with van der Waals surface area (Å²) in [6.07, 6.45) is 1.75. The van der Waals surface area contributed by atoms with E-state index in [0.717, 1.165) is 24.2 Å². The Morgan fingerprint density at radius 3 is 2.82 bits per heavy atom. The number of rotatable bonds is 4. The molecule has 0 bridgehead atoms. The molecule has 0 radical (unpaired) electrons. The Morgan fingerprint density at radius 1 is 1.59 bits per heavy atom. The molecule has 0 aromatic carbocycles. The van der Waals surface area contributed by atoms with Gasteiger partial charge in [-0.1, -0.05) is 13.3 Å². The minimum Gasteiger partial charge on any atom is -0.477 e. The fraction of sp³-hybridized carbons (Fsp3) is 0.500. The van der Waals surface area contributed by atoms with Gasteiger partial charge in [-0.25, -0.2) is 13.2 Å². The van der Waals surface area contributed by atoms with Crippen LogP contribution in [0.4, 0.5) is 0 Å². The minimum absolute atomic E-state index is 0.0914. The topological polar surface area (TPSA) is 74.7 Å². The summed E-state index contributed by atoms with van der Waals surface area (Å²) in [7, 11) is -3.44. The highest BCUT2D eigenvalue weighted by atomic mass is 32.2. The quantitative estimate of drug-likeness (QED) is 0.908. The van der Waals surface area contributed by atoms with Crippen molar-refractivity contribution in [3.05, 3.63) is 16.5 Å². The van der Waals surface area contributed by atoms with Crippen molar-refractivity contribution in [1.29, 1.82) is 0 Å². The van der Waals surface area contributed by atoms with E-state index in [9.17, 15) is 13.2 Å². The molecule has 0 fully saturated rings. The molecule has 0 spiro atoms. The molecule has 1 aliphatic heterocycles. The zero-order valence-electron chi connectivity index (χ0n) is 9.34. The highest BCUT2D eigenvalue weighted by molar-refractivity contribution is 7.91. The fourth-order valence-electron chi connectivity index (χ4n) is 1.77. The fourth-order valence-corrected chi connectivity index (χ4v) is 4.89. The number of fused-ring (bicyclic) bond motifs is 1. The lowest BCUT2D eigenvalue weighted by Crippen LogP contribution is -2.25. The van der Waals surface area contributed by atoms with E-state index in [0.29, 0.717) is 18.7 Å². The molecule has 0 amide bonds. The Hall–Kier alpha value is -0.920. The summed E-state index contributed by atoms with van der Waals surface area (Å²) in [4.78, 5) is 10.9. The first-order valence-electron chi connectivity index (χ1n) is 5.33. The van der Waals surface area contributed by atoms with Gasteiger partial charge in [-0.2, -0.15) is 4.31 Å². The largest absolute Gasteiger partial charge is 0.477 e. The van der Waals surface area contributed by atoms with Gasteiger partial charge in [-0.3, -0.25) is 0 Å². The van der Waals surface area contributed by atoms with Crippen LogP contribution in [0.1, 0.15) is 35.0 Å². The van der Waals surface area contributed by atoms with Gasteiger partial charge in [0.2, 0.25) is 0 Å². The minimum atomic E-state index is -3.44. The van der Waals surface area contributed by atoms with Gasteiger partial charge < -0.3 is 5.11 Å². The first-order valence-corrected chi connectivity index (χ1v) is 7.58. The van der Waals surface area contributed by atoms with Crippen molar-refractivity contribution in [1.82, 2.24) is 4.31 Å². The first kappa shape index (κ1) is 12.5. The smallest absolute Gasteiger partial charge is 0.345 e.